The summed E-state index contributed by atoms with van der Waals surface area (Å²) in [5, 5.41) is 3.31. The van der Waals surface area contributed by atoms with Gasteiger partial charge in [0, 0.05) is 18.3 Å². The van der Waals surface area contributed by atoms with Gasteiger partial charge in [0.25, 0.3) is 0 Å². The van der Waals surface area contributed by atoms with Crippen molar-refractivity contribution in [1.82, 2.24) is 10.3 Å². The molecule has 20 heavy (non-hydrogen) atoms. The van der Waals surface area contributed by atoms with Gasteiger partial charge in [0.05, 0.1) is 6.20 Å². The first kappa shape index (κ1) is 14.5. The third kappa shape index (κ3) is 3.81. The summed E-state index contributed by atoms with van der Waals surface area (Å²) in [5.41, 5.74) is 2.44. The largest absolute Gasteiger partial charge is 0.455 e. The van der Waals surface area contributed by atoms with Crippen molar-refractivity contribution in [3.8, 4) is 11.5 Å². The van der Waals surface area contributed by atoms with Gasteiger partial charge >= 0.3 is 0 Å². The molecule has 0 spiro atoms. The van der Waals surface area contributed by atoms with Crippen molar-refractivity contribution in [2.45, 2.75) is 33.2 Å². The summed E-state index contributed by atoms with van der Waals surface area (Å²) in [6.45, 7) is 8.19. The van der Waals surface area contributed by atoms with Crippen molar-refractivity contribution in [2.75, 3.05) is 6.54 Å². The molecule has 1 aromatic carbocycles. The fraction of sp³-hybridized carbons (Fsp3) is 0.353. The molecule has 3 nitrogen and oxygen atoms in total. The van der Waals surface area contributed by atoms with Crippen LogP contribution in [-0.4, -0.2) is 11.5 Å². The van der Waals surface area contributed by atoms with Crippen LogP contribution >= 0.6 is 0 Å². The molecule has 1 N–H and O–H groups in total. The van der Waals surface area contributed by atoms with E-state index in [2.05, 4.69) is 43.2 Å². The topological polar surface area (TPSA) is 34.2 Å². The van der Waals surface area contributed by atoms with Gasteiger partial charge in [-0.25, -0.2) is 0 Å². The number of ether oxygens (including phenoxy) is 1. The molecule has 0 aliphatic carbocycles. The lowest BCUT2D eigenvalue weighted by Crippen LogP contribution is -2.12. The van der Waals surface area contributed by atoms with Crippen LogP contribution < -0.4 is 10.1 Å². The second-order valence-electron chi connectivity index (χ2n) is 5.09. The second-order valence-corrected chi connectivity index (χ2v) is 5.09. The SMILES string of the molecule is CCNCc1ccncc1Oc1ccc(C(C)C)cc1. The number of rotatable bonds is 6. The van der Waals surface area contributed by atoms with E-state index in [-0.39, 0.29) is 0 Å². The Morgan fingerprint density at radius 2 is 1.90 bits per heavy atom. The first-order valence-corrected chi connectivity index (χ1v) is 7.12. The summed E-state index contributed by atoms with van der Waals surface area (Å²) < 4.78 is 5.94. The quantitative estimate of drug-likeness (QED) is 0.857. The zero-order valence-corrected chi connectivity index (χ0v) is 12.4. The molecule has 106 valence electrons. The van der Waals surface area contributed by atoms with Gasteiger partial charge in [-0.3, -0.25) is 4.98 Å². The molecule has 0 saturated heterocycles. The van der Waals surface area contributed by atoms with Gasteiger partial charge < -0.3 is 10.1 Å². The minimum atomic E-state index is 0.534. The van der Waals surface area contributed by atoms with E-state index in [0.717, 1.165) is 30.2 Å². The lowest BCUT2D eigenvalue weighted by atomic mass is 10.0. The third-order valence-electron chi connectivity index (χ3n) is 3.21. The molecular weight excluding hydrogens is 248 g/mol. The fourth-order valence-electron chi connectivity index (χ4n) is 1.95. The van der Waals surface area contributed by atoms with Crippen molar-refractivity contribution in [3.05, 3.63) is 53.9 Å². The third-order valence-corrected chi connectivity index (χ3v) is 3.21. The van der Waals surface area contributed by atoms with Gasteiger partial charge in [0.15, 0.2) is 0 Å². The van der Waals surface area contributed by atoms with Crippen LogP contribution in [0.2, 0.25) is 0 Å². The van der Waals surface area contributed by atoms with Crippen molar-refractivity contribution in [2.24, 2.45) is 0 Å². The molecule has 0 saturated carbocycles. The number of pyridine rings is 1. The molecule has 0 bridgehead atoms. The molecule has 0 aliphatic heterocycles. The normalized spacial score (nSPS) is 10.8. The zero-order valence-electron chi connectivity index (χ0n) is 12.4. The predicted molar refractivity (Wildman–Crippen MR) is 82.2 cm³/mol. The van der Waals surface area contributed by atoms with E-state index >= 15 is 0 Å². The van der Waals surface area contributed by atoms with E-state index in [4.69, 9.17) is 4.74 Å². The van der Waals surface area contributed by atoms with Crippen LogP contribution in [0.15, 0.2) is 42.7 Å². The van der Waals surface area contributed by atoms with Crippen LogP contribution in [0.5, 0.6) is 11.5 Å². The first-order valence-electron chi connectivity index (χ1n) is 7.12. The van der Waals surface area contributed by atoms with Gasteiger partial charge in [-0.2, -0.15) is 0 Å². The Balaban J connectivity index is 2.13. The van der Waals surface area contributed by atoms with E-state index in [1.807, 2.05) is 18.2 Å². The second kappa shape index (κ2) is 7.06. The molecule has 2 aromatic rings. The highest BCUT2D eigenvalue weighted by molar-refractivity contribution is 5.37. The van der Waals surface area contributed by atoms with Crippen molar-refractivity contribution in [1.29, 1.82) is 0 Å². The summed E-state index contributed by atoms with van der Waals surface area (Å²) in [6.07, 6.45) is 3.56. The van der Waals surface area contributed by atoms with Crippen LogP contribution in [0.1, 0.15) is 37.8 Å². The van der Waals surface area contributed by atoms with Crippen molar-refractivity contribution >= 4 is 0 Å². The van der Waals surface area contributed by atoms with E-state index in [1.165, 1.54) is 5.56 Å². The fourth-order valence-corrected chi connectivity index (χ4v) is 1.95. The van der Waals surface area contributed by atoms with Crippen molar-refractivity contribution < 1.29 is 4.74 Å². The maximum Gasteiger partial charge on any atom is 0.150 e. The molecular formula is C17H22N2O. The predicted octanol–water partition coefficient (Wildman–Crippen LogP) is 4.11. The Morgan fingerprint density at radius 1 is 1.15 bits per heavy atom. The number of aromatic nitrogens is 1. The molecule has 0 amide bonds. The van der Waals surface area contributed by atoms with Crippen molar-refractivity contribution in [3.63, 3.8) is 0 Å². The molecule has 1 heterocycles. The zero-order chi connectivity index (χ0) is 14.4. The Bertz CT molecular complexity index is 535. The van der Waals surface area contributed by atoms with Crippen LogP contribution in [0, 0.1) is 0 Å². The summed E-state index contributed by atoms with van der Waals surface area (Å²) >= 11 is 0. The van der Waals surface area contributed by atoms with E-state index in [0.29, 0.717) is 5.92 Å². The number of nitrogens with one attached hydrogen (secondary N) is 1. The van der Waals surface area contributed by atoms with Gasteiger partial charge in [-0.15, -0.1) is 0 Å². The molecule has 1 aromatic heterocycles. The Hall–Kier alpha value is -1.87. The van der Waals surface area contributed by atoms with E-state index in [9.17, 15) is 0 Å². The smallest absolute Gasteiger partial charge is 0.150 e. The average Bonchev–Trinajstić information content (AvgIpc) is 2.47. The minimum absolute atomic E-state index is 0.534. The Labute approximate surface area is 121 Å². The standard InChI is InChI=1S/C17H22N2O/c1-4-18-11-15-9-10-19-12-17(15)20-16-7-5-14(6-8-16)13(2)3/h5-10,12-13,18H,4,11H2,1-3H3. The first-order chi connectivity index (χ1) is 9.70. The van der Waals surface area contributed by atoms with E-state index < -0.39 is 0 Å². The minimum Gasteiger partial charge on any atom is -0.455 e. The van der Waals surface area contributed by atoms with Gasteiger partial charge in [0.1, 0.15) is 11.5 Å². The molecule has 0 unspecified atom stereocenters. The molecule has 2 rings (SSSR count). The number of nitrogens with zero attached hydrogens (tertiary/aromatic N) is 1. The number of benzene rings is 1. The molecule has 0 atom stereocenters. The van der Waals surface area contributed by atoms with Crippen LogP contribution in [0.3, 0.4) is 0 Å². The highest BCUT2D eigenvalue weighted by Gasteiger charge is 2.05. The van der Waals surface area contributed by atoms with Gasteiger partial charge in [-0.1, -0.05) is 32.9 Å². The Kier molecular flexibility index (Phi) is 5.13. The lowest BCUT2D eigenvalue weighted by molar-refractivity contribution is 0.470. The average molecular weight is 270 g/mol. The number of hydrogen-bond acceptors (Lipinski definition) is 3. The monoisotopic (exact) mass is 270 g/mol. The highest BCUT2D eigenvalue weighted by Crippen LogP contribution is 2.26. The van der Waals surface area contributed by atoms with Gasteiger partial charge in [-0.05, 0) is 36.2 Å². The lowest BCUT2D eigenvalue weighted by Gasteiger charge is -2.12. The summed E-state index contributed by atoms with van der Waals surface area (Å²) in [6, 6.07) is 10.2. The van der Waals surface area contributed by atoms with Crippen LogP contribution in [0.4, 0.5) is 0 Å². The maximum absolute atomic E-state index is 5.94. The molecule has 0 radical (unpaired) electrons. The summed E-state index contributed by atoms with van der Waals surface area (Å²) in [4.78, 5) is 4.14. The van der Waals surface area contributed by atoms with Crippen LogP contribution in [0.25, 0.3) is 0 Å². The maximum atomic E-state index is 5.94. The summed E-state index contributed by atoms with van der Waals surface area (Å²) in [5.74, 6) is 2.19. The highest BCUT2D eigenvalue weighted by atomic mass is 16.5. The van der Waals surface area contributed by atoms with Gasteiger partial charge in [0.2, 0.25) is 0 Å². The Morgan fingerprint density at radius 3 is 2.55 bits per heavy atom. The molecule has 3 heteroatoms. The molecule has 0 fully saturated rings. The molecule has 0 aliphatic rings. The van der Waals surface area contributed by atoms with E-state index in [1.54, 1.807) is 12.4 Å². The summed E-state index contributed by atoms with van der Waals surface area (Å²) in [7, 11) is 0. The number of hydrogen-bond donors (Lipinski definition) is 1. The van der Waals surface area contributed by atoms with Crippen LogP contribution in [-0.2, 0) is 6.54 Å².